The van der Waals surface area contributed by atoms with Gasteiger partial charge in [0.1, 0.15) is 0 Å². The van der Waals surface area contributed by atoms with Crippen LogP contribution in [0.15, 0.2) is 29.2 Å². The first-order chi connectivity index (χ1) is 10.9. The number of nitrogens with one attached hydrogen (secondary N) is 1. The van der Waals surface area contributed by atoms with E-state index in [1.165, 1.54) is 0 Å². The van der Waals surface area contributed by atoms with E-state index in [1.807, 2.05) is 0 Å². The number of benzene rings is 1. The second-order valence-corrected chi connectivity index (χ2v) is 8.86. The van der Waals surface area contributed by atoms with E-state index in [2.05, 4.69) is 19.2 Å². The number of carbonyl (C=O) groups excluding carboxylic acids is 1. The van der Waals surface area contributed by atoms with Crippen LogP contribution in [0, 0.1) is 17.8 Å². The lowest BCUT2D eigenvalue weighted by Crippen LogP contribution is -2.37. The molecule has 23 heavy (non-hydrogen) atoms. The van der Waals surface area contributed by atoms with E-state index in [0.717, 1.165) is 19.3 Å². The third-order valence-electron chi connectivity index (χ3n) is 4.95. The summed E-state index contributed by atoms with van der Waals surface area (Å²) in [5.74, 6) is 1.17. The van der Waals surface area contributed by atoms with Crippen LogP contribution >= 0.6 is 0 Å². The molecular weight excluding hydrogens is 312 g/mol. The standard InChI is InChI=1S/C17H24N2O3S/c1-12-7-9-19(10-8-12)23(21,22)15-5-3-14(4-6-15)18-17(20)16-11-13(16)2/h3-6,12-13,16H,7-11H2,1-2H3,(H,18,20)/t13-,16+/m0/s1. The molecule has 6 heteroatoms. The summed E-state index contributed by atoms with van der Waals surface area (Å²) in [4.78, 5) is 12.2. The number of hydrogen-bond acceptors (Lipinski definition) is 3. The summed E-state index contributed by atoms with van der Waals surface area (Å²) in [6, 6.07) is 6.51. The molecule has 3 rings (SSSR count). The van der Waals surface area contributed by atoms with Crippen LogP contribution in [-0.4, -0.2) is 31.7 Å². The Balaban J connectivity index is 1.67. The smallest absolute Gasteiger partial charge is 0.243 e. The van der Waals surface area contributed by atoms with E-state index in [0.29, 0.717) is 35.5 Å². The highest BCUT2D eigenvalue weighted by molar-refractivity contribution is 7.89. The maximum atomic E-state index is 12.6. The van der Waals surface area contributed by atoms with E-state index in [1.54, 1.807) is 28.6 Å². The Labute approximate surface area is 138 Å². The lowest BCUT2D eigenvalue weighted by atomic mass is 10.0. The zero-order chi connectivity index (χ0) is 16.6. The Bertz CT molecular complexity index is 676. The van der Waals surface area contributed by atoms with Crippen LogP contribution in [0.5, 0.6) is 0 Å². The highest BCUT2D eigenvalue weighted by Crippen LogP contribution is 2.38. The Kier molecular flexibility index (Phi) is 4.47. The number of piperidine rings is 1. The van der Waals surface area contributed by atoms with Crippen LogP contribution in [0.4, 0.5) is 5.69 Å². The first-order valence-corrected chi connectivity index (χ1v) is 9.73. The summed E-state index contributed by atoms with van der Waals surface area (Å²) in [5.41, 5.74) is 0.653. The summed E-state index contributed by atoms with van der Waals surface area (Å²) in [6.07, 6.45) is 2.76. The first kappa shape index (κ1) is 16.5. The monoisotopic (exact) mass is 336 g/mol. The maximum Gasteiger partial charge on any atom is 0.243 e. The summed E-state index contributed by atoms with van der Waals surface area (Å²) in [6.45, 7) is 5.38. The van der Waals surface area contributed by atoms with Crippen molar-refractivity contribution in [2.24, 2.45) is 17.8 Å². The van der Waals surface area contributed by atoms with Gasteiger partial charge in [0.2, 0.25) is 15.9 Å². The second kappa shape index (κ2) is 6.24. The van der Waals surface area contributed by atoms with Crippen LogP contribution in [-0.2, 0) is 14.8 Å². The van der Waals surface area contributed by atoms with Gasteiger partial charge in [-0.15, -0.1) is 0 Å². The van der Waals surface area contributed by atoms with Crippen LogP contribution in [0.1, 0.15) is 33.1 Å². The zero-order valence-electron chi connectivity index (χ0n) is 13.7. The largest absolute Gasteiger partial charge is 0.326 e. The van der Waals surface area contributed by atoms with Gasteiger partial charge in [-0.05, 0) is 55.4 Å². The number of hydrogen-bond donors (Lipinski definition) is 1. The first-order valence-electron chi connectivity index (χ1n) is 8.29. The van der Waals surface area contributed by atoms with E-state index in [4.69, 9.17) is 0 Å². The fraction of sp³-hybridized carbons (Fsp3) is 0.588. The van der Waals surface area contributed by atoms with Gasteiger partial charge in [0.15, 0.2) is 0 Å². The van der Waals surface area contributed by atoms with Gasteiger partial charge in [0.05, 0.1) is 4.90 Å². The molecule has 1 aliphatic heterocycles. The lowest BCUT2D eigenvalue weighted by molar-refractivity contribution is -0.117. The molecule has 1 aromatic carbocycles. The Hall–Kier alpha value is -1.40. The van der Waals surface area contributed by atoms with Gasteiger partial charge in [-0.2, -0.15) is 4.31 Å². The second-order valence-electron chi connectivity index (χ2n) is 6.92. The SMILES string of the molecule is CC1CCN(S(=O)(=O)c2ccc(NC(=O)[C@@H]3C[C@@H]3C)cc2)CC1. The van der Waals surface area contributed by atoms with Crippen molar-refractivity contribution in [2.75, 3.05) is 18.4 Å². The number of carbonyl (C=O) groups is 1. The van der Waals surface area contributed by atoms with E-state index >= 15 is 0 Å². The number of anilines is 1. The van der Waals surface area contributed by atoms with E-state index in [-0.39, 0.29) is 11.8 Å². The van der Waals surface area contributed by atoms with Crippen molar-refractivity contribution in [3.05, 3.63) is 24.3 Å². The molecule has 1 amide bonds. The van der Waals surface area contributed by atoms with Crippen molar-refractivity contribution >= 4 is 21.6 Å². The van der Waals surface area contributed by atoms with Gasteiger partial charge in [-0.3, -0.25) is 4.79 Å². The molecule has 1 saturated heterocycles. The summed E-state index contributed by atoms with van der Waals surface area (Å²) < 4.78 is 26.8. The third-order valence-corrected chi connectivity index (χ3v) is 6.86. The third kappa shape index (κ3) is 3.58. The quantitative estimate of drug-likeness (QED) is 0.919. The van der Waals surface area contributed by atoms with Gasteiger partial charge in [0, 0.05) is 24.7 Å². The summed E-state index contributed by atoms with van der Waals surface area (Å²) in [5, 5.41) is 2.85. The zero-order valence-corrected chi connectivity index (χ0v) is 14.5. The van der Waals surface area contributed by atoms with Crippen LogP contribution in [0.25, 0.3) is 0 Å². The van der Waals surface area contributed by atoms with Crippen LogP contribution in [0.3, 0.4) is 0 Å². The molecule has 1 N–H and O–H groups in total. The number of nitrogens with zero attached hydrogens (tertiary/aromatic N) is 1. The molecular formula is C17H24N2O3S. The average molecular weight is 336 g/mol. The van der Waals surface area contributed by atoms with Crippen molar-refractivity contribution in [2.45, 2.75) is 38.0 Å². The van der Waals surface area contributed by atoms with Gasteiger partial charge >= 0.3 is 0 Å². The van der Waals surface area contributed by atoms with Crippen molar-refractivity contribution in [1.29, 1.82) is 0 Å². The van der Waals surface area contributed by atoms with E-state index in [9.17, 15) is 13.2 Å². The Morgan fingerprint density at radius 2 is 1.70 bits per heavy atom. The highest BCUT2D eigenvalue weighted by Gasteiger charge is 2.39. The molecule has 2 aliphatic rings. The van der Waals surface area contributed by atoms with Crippen molar-refractivity contribution in [3.8, 4) is 0 Å². The van der Waals surface area contributed by atoms with E-state index < -0.39 is 10.0 Å². The maximum absolute atomic E-state index is 12.6. The number of sulfonamides is 1. The molecule has 0 bridgehead atoms. The Morgan fingerprint density at radius 3 is 2.22 bits per heavy atom. The molecule has 0 radical (unpaired) electrons. The van der Waals surface area contributed by atoms with Gasteiger partial charge in [-0.1, -0.05) is 13.8 Å². The van der Waals surface area contributed by atoms with Crippen molar-refractivity contribution < 1.29 is 13.2 Å². The van der Waals surface area contributed by atoms with Crippen LogP contribution < -0.4 is 5.32 Å². The molecule has 0 spiro atoms. The molecule has 0 unspecified atom stereocenters. The fourth-order valence-electron chi connectivity index (χ4n) is 3.01. The van der Waals surface area contributed by atoms with Gasteiger partial charge in [0.25, 0.3) is 0 Å². The molecule has 0 aromatic heterocycles. The predicted molar refractivity (Wildman–Crippen MR) is 89.5 cm³/mol. The molecule has 2 atom stereocenters. The normalized spacial score (nSPS) is 26.0. The number of amides is 1. The van der Waals surface area contributed by atoms with Crippen molar-refractivity contribution in [1.82, 2.24) is 4.31 Å². The molecule has 1 aromatic rings. The molecule has 1 aliphatic carbocycles. The minimum atomic E-state index is -3.42. The minimum Gasteiger partial charge on any atom is -0.326 e. The summed E-state index contributed by atoms with van der Waals surface area (Å²) >= 11 is 0. The Morgan fingerprint density at radius 1 is 1.13 bits per heavy atom. The summed E-state index contributed by atoms with van der Waals surface area (Å²) in [7, 11) is -3.42. The molecule has 1 saturated carbocycles. The fourth-order valence-corrected chi connectivity index (χ4v) is 4.48. The molecule has 5 nitrogen and oxygen atoms in total. The van der Waals surface area contributed by atoms with Crippen molar-refractivity contribution in [3.63, 3.8) is 0 Å². The molecule has 126 valence electrons. The molecule has 1 heterocycles. The lowest BCUT2D eigenvalue weighted by Gasteiger charge is -2.29. The number of rotatable bonds is 4. The average Bonchev–Trinajstić information content (AvgIpc) is 3.25. The molecule has 2 fully saturated rings. The van der Waals surface area contributed by atoms with Crippen LogP contribution in [0.2, 0.25) is 0 Å². The topological polar surface area (TPSA) is 66.5 Å². The highest BCUT2D eigenvalue weighted by atomic mass is 32.2. The van der Waals surface area contributed by atoms with Gasteiger partial charge < -0.3 is 5.32 Å². The van der Waals surface area contributed by atoms with Gasteiger partial charge in [-0.25, -0.2) is 8.42 Å². The minimum absolute atomic E-state index is 0.0260. The predicted octanol–water partition coefficient (Wildman–Crippen LogP) is 2.70.